The van der Waals surface area contributed by atoms with E-state index < -0.39 is 0 Å². The number of hydrogen-bond donors (Lipinski definition) is 1. The maximum atomic E-state index is 12.8. The Morgan fingerprint density at radius 1 is 1.00 bits per heavy atom. The quantitative estimate of drug-likeness (QED) is 0.804. The van der Waals surface area contributed by atoms with Crippen LogP contribution in [0, 0.1) is 6.92 Å². The fraction of sp³-hybridized carbons (Fsp3) is 0.800. The standard InChI is InChI=1S/C20H35N5O2/c1-18-19(16-25(21-18)13-14-26)15-23-9-6-10-24(12-11-23)20(27)17-22-7-4-2-3-5-8-22/h16,26H,2-15,17H2,1H3. The second-order valence-corrected chi connectivity index (χ2v) is 7.93. The van der Waals surface area contributed by atoms with Crippen molar-refractivity contribution in [1.82, 2.24) is 24.5 Å². The van der Waals surface area contributed by atoms with Crippen LogP contribution in [0.15, 0.2) is 6.20 Å². The van der Waals surface area contributed by atoms with Crippen LogP contribution in [0.4, 0.5) is 0 Å². The zero-order chi connectivity index (χ0) is 19.1. The number of carbonyl (C=O) groups is 1. The van der Waals surface area contributed by atoms with E-state index in [1.807, 2.05) is 17.8 Å². The number of nitrogens with zero attached hydrogens (tertiary/aromatic N) is 5. The highest BCUT2D eigenvalue weighted by atomic mass is 16.3. The van der Waals surface area contributed by atoms with Gasteiger partial charge in [-0.05, 0) is 39.3 Å². The lowest BCUT2D eigenvalue weighted by atomic mass is 10.2. The number of likely N-dealkylation sites (tertiary alicyclic amines) is 1. The Bertz CT molecular complexity index is 595. The summed E-state index contributed by atoms with van der Waals surface area (Å²) in [6.45, 7) is 9.89. The van der Waals surface area contributed by atoms with E-state index in [0.29, 0.717) is 19.0 Å². The van der Waals surface area contributed by atoms with Gasteiger partial charge in [0, 0.05) is 44.5 Å². The van der Waals surface area contributed by atoms with Gasteiger partial charge < -0.3 is 10.0 Å². The van der Waals surface area contributed by atoms with E-state index >= 15 is 0 Å². The highest BCUT2D eigenvalue weighted by molar-refractivity contribution is 5.78. The molecule has 2 fully saturated rings. The van der Waals surface area contributed by atoms with Crippen molar-refractivity contribution in [2.75, 3.05) is 52.4 Å². The molecular formula is C20H35N5O2. The molecule has 152 valence electrons. The molecule has 0 aromatic carbocycles. The van der Waals surface area contributed by atoms with E-state index in [1.165, 1.54) is 31.2 Å². The first-order valence-electron chi connectivity index (χ1n) is 10.5. The molecule has 1 N–H and O–H groups in total. The van der Waals surface area contributed by atoms with Gasteiger partial charge in [-0.1, -0.05) is 12.8 Å². The lowest BCUT2D eigenvalue weighted by molar-refractivity contribution is -0.132. The Kier molecular flexibility index (Phi) is 7.67. The van der Waals surface area contributed by atoms with Gasteiger partial charge >= 0.3 is 0 Å². The van der Waals surface area contributed by atoms with Gasteiger partial charge in [-0.2, -0.15) is 5.10 Å². The molecule has 2 saturated heterocycles. The average molecular weight is 378 g/mol. The summed E-state index contributed by atoms with van der Waals surface area (Å²) in [7, 11) is 0. The molecule has 3 heterocycles. The second-order valence-electron chi connectivity index (χ2n) is 7.93. The minimum atomic E-state index is 0.109. The number of aliphatic hydroxyl groups is 1. The van der Waals surface area contributed by atoms with Crippen LogP contribution in [0.5, 0.6) is 0 Å². The van der Waals surface area contributed by atoms with E-state index in [-0.39, 0.29) is 6.61 Å². The number of aryl methyl sites for hydroxylation is 1. The molecule has 3 rings (SSSR count). The Labute approximate surface area is 162 Å². The van der Waals surface area contributed by atoms with Crippen LogP contribution in [0.3, 0.4) is 0 Å². The number of aromatic nitrogens is 2. The van der Waals surface area contributed by atoms with Crippen molar-refractivity contribution >= 4 is 5.91 Å². The van der Waals surface area contributed by atoms with Crippen molar-refractivity contribution < 1.29 is 9.90 Å². The maximum Gasteiger partial charge on any atom is 0.236 e. The minimum Gasteiger partial charge on any atom is -0.394 e. The van der Waals surface area contributed by atoms with Crippen molar-refractivity contribution in [3.05, 3.63) is 17.5 Å². The maximum absolute atomic E-state index is 12.8. The van der Waals surface area contributed by atoms with Crippen molar-refractivity contribution in [3.8, 4) is 0 Å². The fourth-order valence-corrected chi connectivity index (χ4v) is 4.14. The lowest BCUT2D eigenvalue weighted by Gasteiger charge is -2.26. The molecule has 27 heavy (non-hydrogen) atoms. The Morgan fingerprint density at radius 2 is 1.74 bits per heavy atom. The summed E-state index contributed by atoms with van der Waals surface area (Å²) >= 11 is 0. The van der Waals surface area contributed by atoms with Crippen LogP contribution in [-0.2, 0) is 17.9 Å². The highest BCUT2D eigenvalue weighted by Gasteiger charge is 2.22. The SMILES string of the molecule is Cc1nn(CCO)cc1CN1CCCN(C(=O)CN2CCCCCC2)CC1. The summed E-state index contributed by atoms with van der Waals surface area (Å²) in [6.07, 6.45) is 8.12. The Balaban J connectivity index is 1.48. The zero-order valence-corrected chi connectivity index (χ0v) is 16.8. The highest BCUT2D eigenvalue weighted by Crippen LogP contribution is 2.14. The van der Waals surface area contributed by atoms with Crippen LogP contribution in [0.25, 0.3) is 0 Å². The first-order valence-corrected chi connectivity index (χ1v) is 10.5. The molecule has 1 aromatic rings. The van der Waals surface area contributed by atoms with E-state index in [0.717, 1.165) is 57.9 Å². The summed E-state index contributed by atoms with van der Waals surface area (Å²) in [5.41, 5.74) is 2.24. The average Bonchev–Trinajstić information content (AvgIpc) is 2.87. The third-order valence-electron chi connectivity index (χ3n) is 5.77. The molecule has 0 spiro atoms. The predicted octanol–water partition coefficient (Wildman–Crippen LogP) is 1.09. The van der Waals surface area contributed by atoms with E-state index in [2.05, 4.69) is 19.8 Å². The summed E-state index contributed by atoms with van der Waals surface area (Å²) in [5, 5.41) is 13.5. The molecule has 1 aromatic heterocycles. The van der Waals surface area contributed by atoms with Crippen LogP contribution in [0.2, 0.25) is 0 Å². The first kappa shape index (κ1) is 20.3. The fourth-order valence-electron chi connectivity index (χ4n) is 4.14. The van der Waals surface area contributed by atoms with Crippen molar-refractivity contribution in [2.24, 2.45) is 0 Å². The molecule has 1 amide bonds. The van der Waals surface area contributed by atoms with Gasteiger partial charge in [-0.3, -0.25) is 19.3 Å². The van der Waals surface area contributed by atoms with Gasteiger partial charge in [-0.25, -0.2) is 0 Å². The van der Waals surface area contributed by atoms with Crippen LogP contribution < -0.4 is 0 Å². The predicted molar refractivity (Wildman–Crippen MR) is 105 cm³/mol. The van der Waals surface area contributed by atoms with Gasteiger partial charge in [-0.15, -0.1) is 0 Å². The van der Waals surface area contributed by atoms with E-state index in [9.17, 15) is 4.79 Å². The van der Waals surface area contributed by atoms with Gasteiger partial charge in [0.25, 0.3) is 0 Å². The zero-order valence-electron chi connectivity index (χ0n) is 16.8. The second kappa shape index (κ2) is 10.2. The lowest BCUT2D eigenvalue weighted by Crippen LogP contribution is -2.42. The van der Waals surface area contributed by atoms with Gasteiger partial charge in [0.1, 0.15) is 0 Å². The molecule has 2 aliphatic heterocycles. The smallest absolute Gasteiger partial charge is 0.236 e. The number of rotatable bonds is 6. The minimum absolute atomic E-state index is 0.109. The van der Waals surface area contributed by atoms with Gasteiger partial charge in [0.15, 0.2) is 0 Å². The van der Waals surface area contributed by atoms with Gasteiger partial charge in [0.05, 0.1) is 25.4 Å². The molecule has 0 aliphatic carbocycles. The van der Waals surface area contributed by atoms with Crippen LogP contribution in [0.1, 0.15) is 43.4 Å². The summed E-state index contributed by atoms with van der Waals surface area (Å²) in [4.78, 5) is 19.6. The molecule has 7 heteroatoms. The van der Waals surface area contributed by atoms with E-state index in [4.69, 9.17) is 5.11 Å². The Morgan fingerprint density at radius 3 is 2.48 bits per heavy atom. The van der Waals surface area contributed by atoms with Crippen molar-refractivity contribution in [1.29, 1.82) is 0 Å². The normalized spacial score (nSPS) is 20.4. The number of aliphatic hydroxyl groups excluding tert-OH is 1. The van der Waals surface area contributed by atoms with E-state index in [1.54, 1.807) is 0 Å². The third kappa shape index (κ3) is 6.02. The van der Waals surface area contributed by atoms with Gasteiger partial charge in [0.2, 0.25) is 5.91 Å². The number of carbonyl (C=O) groups excluding carboxylic acids is 1. The van der Waals surface area contributed by atoms with Crippen molar-refractivity contribution in [3.63, 3.8) is 0 Å². The number of amides is 1. The molecular weight excluding hydrogens is 342 g/mol. The Hall–Kier alpha value is -1.44. The summed E-state index contributed by atoms with van der Waals surface area (Å²) in [5.74, 6) is 0.297. The van der Waals surface area contributed by atoms with Crippen molar-refractivity contribution in [2.45, 2.75) is 52.1 Å². The molecule has 0 bridgehead atoms. The molecule has 0 saturated carbocycles. The third-order valence-corrected chi connectivity index (χ3v) is 5.77. The molecule has 0 atom stereocenters. The summed E-state index contributed by atoms with van der Waals surface area (Å²) in [6, 6.07) is 0. The molecule has 0 unspecified atom stereocenters. The van der Waals surface area contributed by atoms with Crippen LogP contribution >= 0.6 is 0 Å². The number of hydrogen-bond acceptors (Lipinski definition) is 5. The van der Waals surface area contributed by atoms with Crippen LogP contribution in [-0.4, -0.2) is 87.9 Å². The molecule has 0 radical (unpaired) electrons. The summed E-state index contributed by atoms with van der Waals surface area (Å²) < 4.78 is 1.82. The molecule has 7 nitrogen and oxygen atoms in total. The first-order chi connectivity index (χ1) is 13.2. The monoisotopic (exact) mass is 377 g/mol. The largest absolute Gasteiger partial charge is 0.394 e. The topological polar surface area (TPSA) is 64.8 Å². The molecule has 2 aliphatic rings.